The molecular weight excluding hydrogens is 132 g/mol. The highest BCUT2D eigenvalue weighted by Crippen LogP contribution is 1.63. The maximum Gasteiger partial charge on any atom is 0.245 e. The van der Waals surface area contributed by atoms with Gasteiger partial charge < -0.3 is 5.73 Å². The van der Waals surface area contributed by atoms with E-state index in [1.165, 1.54) is 0 Å². The smallest absolute Gasteiger partial charge is 0.245 e. The molecule has 3 N–H and O–H groups in total. The highest BCUT2D eigenvalue weighted by atomic mass is 16.6. The molecule has 0 heterocycles. The predicted octanol–water partition coefficient (Wildman–Crippen LogP) is -0.984. The Morgan fingerprint density at radius 2 is 2.50 bits per heavy atom. The summed E-state index contributed by atoms with van der Waals surface area (Å²) < 4.78 is 0. The number of hydroxylamine groups is 1. The minimum absolute atomic E-state index is 0.120. The van der Waals surface area contributed by atoms with Crippen LogP contribution in [0.15, 0.2) is 0 Å². The Bertz CT molecular complexity index is 157. The zero-order valence-corrected chi connectivity index (χ0v) is 5.81. The van der Waals surface area contributed by atoms with Gasteiger partial charge in [0, 0.05) is 0 Å². The van der Waals surface area contributed by atoms with Crippen molar-refractivity contribution in [2.45, 2.75) is 6.92 Å². The molecule has 0 saturated carbocycles. The first-order chi connectivity index (χ1) is 4.77. The van der Waals surface area contributed by atoms with Crippen molar-refractivity contribution in [3.05, 3.63) is 0 Å². The summed E-state index contributed by atoms with van der Waals surface area (Å²) in [5.74, 6) is 4.83. The maximum absolute atomic E-state index is 10.1. The molecule has 0 spiro atoms. The average Bonchev–Trinajstić information content (AvgIpc) is 1.87. The molecule has 0 unspecified atom stereocenters. The van der Waals surface area contributed by atoms with Crippen LogP contribution >= 0.6 is 0 Å². The van der Waals surface area contributed by atoms with Crippen LogP contribution in [0.4, 0.5) is 0 Å². The van der Waals surface area contributed by atoms with Gasteiger partial charge in [0.25, 0.3) is 0 Å². The van der Waals surface area contributed by atoms with Crippen LogP contribution in [0.3, 0.4) is 0 Å². The first-order valence-electron chi connectivity index (χ1n) is 2.80. The van der Waals surface area contributed by atoms with Crippen molar-refractivity contribution in [3.8, 4) is 11.8 Å². The van der Waals surface area contributed by atoms with Gasteiger partial charge in [-0.05, 0) is 6.92 Å². The van der Waals surface area contributed by atoms with Crippen molar-refractivity contribution >= 4 is 5.91 Å². The van der Waals surface area contributed by atoms with E-state index in [2.05, 4.69) is 22.2 Å². The first kappa shape index (κ1) is 8.95. The standard InChI is InChI=1S/C6H10N2O2/c1-2-3-4-8-10-5-6(7)9/h8H,4-5H2,1H3,(H2,7,9). The molecule has 0 radical (unpaired) electrons. The molecule has 1 amide bonds. The van der Waals surface area contributed by atoms with Crippen molar-refractivity contribution in [1.82, 2.24) is 5.48 Å². The first-order valence-corrected chi connectivity index (χ1v) is 2.80. The van der Waals surface area contributed by atoms with Gasteiger partial charge in [-0.1, -0.05) is 5.92 Å². The molecule has 0 aliphatic carbocycles. The van der Waals surface area contributed by atoms with Crippen molar-refractivity contribution in [2.75, 3.05) is 13.2 Å². The molecule has 0 rings (SSSR count). The second kappa shape index (κ2) is 6.08. The maximum atomic E-state index is 10.1. The van der Waals surface area contributed by atoms with E-state index in [4.69, 9.17) is 5.73 Å². The Morgan fingerprint density at radius 1 is 1.80 bits per heavy atom. The quantitative estimate of drug-likeness (QED) is 0.301. The van der Waals surface area contributed by atoms with Crippen molar-refractivity contribution in [1.29, 1.82) is 0 Å². The van der Waals surface area contributed by atoms with Crippen molar-refractivity contribution in [2.24, 2.45) is 5.73 Å². The van der Waals surface area contributed by atoms with Crippen molar-refractivity contribution in [3.63, 3.8) is 0 Å². The third-order valence-corrected chi connectivity index (χ3v) is 0.654. The summed E-state index contributed by atoms with van der Waals surface area (Å²) in [6, 6.07) is 0. The summed E-state index contributed by atoms with van der Waals surface area (Å²) >= 11 is 0. The van der Waals surface area contributed by atoms with Gasteiger partial charge in [-0.2, -0.15) is 5.48 Å². The van der Waals surface area contributed by atoms with Crippen LogP contribution in [-0.2, 0) is 9.63 Å². The van der Waals surface area contributed by atoms with Crippen LogP contribution in [0.1, 0.15) is 6.92 Å². The molecule has 0 saturated heterocycles. The van der Waals surface area contributed by atoms with Crippen LogP contribution in [0.25, 0.3) is 0 Å². The minimum atomic E-state index is -0.503. The molecule has 0 aliphatic heterocycles. The minimum Gasteiger partial charge on any atom is -0.368 e. The van der Waals surface area contributed by atoms with E-state index in [0.29, 0.717) is 6.54 Å². The normalized spacial score (nSPS) is 8.10. The fourth-order valence-electron chi connectivity index (χ4n) is 0.298. The van der Waals surface area contributed by atoms with Crippen molar-refractivity contribution < 1.29 is 9.63 Å². The summed E-state index contributed by atoms with van der Waals surface area (Å²) in [6.07, 6.45) is 0. The molecule has 0 aromatic heterocycles. The number of nitrogens with two attached hydrogens (primary N) is 1. The third-order valence-electron chi connectivity index (χ3n) is 0.654. The number of primary amides is 1. The van der Waals surface area contributed by atoms with Gasteiger partial charge in [-0.25, -0.2) is 0 Å². The fraction of sp³-hybridized carbons (Fsp3) is 0.500. The topological polar surface area (TPSA) is 64.3 Å². The second-order valence-corrected chi connectivity index (χ2v) is 1.50. The van der Waals surface area contributed by atoms with E-state index in [1.54, 1.807) is 6.92 Å². The summed E-state index contributed by atoms with van der Waals surface area (Å²) in [7, 11) is 0. The molecule has 56 valence electrons. The van der Waals surface area contributed by atoms with E-state index in [0.717, 1.165) is 0 Å². The van der Waals surface area contributed by atoms with Crippen LogP contribution in [0.5, 0.6) is 0 Å². The molecule has 4 nitrogen and oxygen atoms in total. The van der Waals surface area contributed by atoms with Gasteiger partial charge >= 0.3 is 0 Å². The van der Waals surface area contributed by atoms with Crippen LogP contribution in [-0.4, -0.2) is 19.1 Å². The van der Waals surface area contributed by atoms with Gasteiger partial charge in [-0.3, -0.25) is 9.63 Å². The number of hydrogen-bond donors (Lipinski definition) is 2. The van der Waals surface area contributed by atoms with E-state index in [9.17, 15) is 4.79 Å². The van der Waals surface area contributed by atoms with Crippen LogP contribution in [0, 0.1) is 11.8 Å². The van der Waals surface area contributed by atoms with Gasteiger partial charge in [-0.15, -0.1) is 5.92 Å². The van der Waals surface area contributed by atoms with E-state index in [-0.39, 0.29) is 6.61 Å². The Labute approximate surface area is 59.7 Å². The van der Waals surface area contributed by atoms with E-state index >= 15 is 0 Å². The molecular formula is C6H10N2O2. The van der Waals surface area contributed by atoms with Gasteiger partial charge in [0.15, 0.2) is 0 Å². The molecule has 0 atom stereocenters. The number of carbonyl (C=O) groups is 1. The Kier molecular flexibility index (Phi) is 5.44. The molecule has 0 aromatic carbocycles. The monoisotopic (exact) mass is 142 g/mol. The Hall–Kier alpha value is -1.05. The average molecular weight is 142 g/mol. The number of carbonyl (C=O) groups excluding carboxylic acids is 1. The third kappa shape index (κ3) is 6.95. The summed E-state index contributed by atoms with van der Waals surface area (Å²) in [4.78, 5) is 14.6. The second-order valence-electron chi connectivity index (χ2n) is 1.50. The Morgan fingerprint density at radius 3 is 3.00 bits per heavy atom. The van der Waals surface area contributed by atoms with Crippen LogP contribution < -0.4 is 11.2 Å². The largest absolute Gasteiger partial charge is 0.368 e. The highest BCUT2D eigenvalue weighted by Gasteiger charge is 1.90. The number of nitrogens with one attached hydrogen (secondary N) is 1. The molecule has 4 heteroatoms. The van der Waals surface area contributed by atoms with Gasteiger partial charge in [0.05, 0.1) is 6.54 Å². The Balaban J connectivity index is 3.03. The van der Waals surface area contributed by atoms with Crippen LogP contribution in [0.2, 0.25) is 0 Å². The molecule has 0 aliphatic rings. The SMILES string of the molecule is CC#CCNOCC(N)=O. The highest BCUT2D eigenvalue weighted by molar-refractivity contribution is 5.74. The summed E-state index contributed by atoms with van der Waals surface area (Å²) in [5.41, 5.74) is 7.21. The predicted molar refractivity (Wildman–Crippen MR) is 36.6 cm³/mol. The molecule has 0 aromatic rings. The summed E-state index contributed by atoms with van der Waals surface area (Å²) in [5, 5.41) is 0. The van der Waals surface area contributed by atoms with Gasteiger partial charge in [0.2, 0.25) is 5.91 Å². The summed E-state index contributed by atoms with van der Waals surface area (Å²) in [6.45, 7) is 2.00. The number of rotatable bonds is 4. The number of amides is 1. The molecule has 10 heavy (non-hydrogen) atoms. The zero-order valence-electron chi connectivity index (χ0n) is 5.81. The lowest BCUT2D eigenvalue weighted by atomic mass is 10.6. The zero-order chi connectivity index (χ0) is 7.82. The van der Waals surface area contributed by atoms with E-state index in [1.807, 2.05) is 0 Å². The lowest BCUT2D eigenvalue weighted by molar-refractivity contribution is -0.124. The number of hydrogen-bond acceptors (Lipinski definition) is 3. The van der Waals surface area contributed by atoms with Gasteiger partial charge in [0.1, 0.15) is 6.61 Å². The lowest BCUT2D eigenvalue weighted by Crippen LogP contribution is -2.24. The van der Waals surface area contributed by atoms with E-state index < -0.39 is 5.91 Å². The lowest BCUT2D eigenvalue weighted by Gasteiger charge is -1.96. The molecule has 0 fully saturated rings. The fourth-order valence-corrected chi connectivity index (χ4v) is 0.298. The molecule has 0 bridgehead atoms.